The molecule has 0 aliphatic heterocycles. The van der Waals surface area contributed by atoms with Gasteiger partial charge in [-0.05, 0) is 31.9 Å². The second-order valence-corrected chi connectivity index (χ2v) is 4.62. The Balaban J connectivity index is 2.00. The van der Waals surface area contributed by atoms with E-state index in [4.69, 9.17) is 4.74 Å². The third-order valence-electron chi connectivity index (χ3n) is 3.27. The van der Waals surface area contributed by atoms with Gasteiger partial charge in [0.05, 0.1) is 6.61 Å². The average Bonchev–Trinajstić information content (AvgIpc) is 2.61. The highest BCUT2D eigenvalue weighted by Crippen LogP contribution is 2.25. The minimum atomic E-state index is 0.562. The molecule has 94 valence electrons. The monoisotopic (exact) mass is 234 g/mol. The van der Waals surface area contributed by atoms with Gasteiger partial charge in [-0.1, -0.05) is 25.7 Å². The molecule has 3 nitrogen and oxygen atoms in total. The number of nitrogens with zero attached hydrogens (tertiary/aromatic N) is 1. The van der Waals surface area contributed by atoms with E-state index in [1.807, 2.05) is 25.3 Å². The van der Waals surface area contributed by atoms with Crippen LogP contribution in [0.2, 0.25) is 0 Å². The van der Waals surface area contributed by atoms with Crippen molar-refractivity contribution >= 4 is 5.82 Å². The zero-order chi connectivity index (χ0) is 11.9. The first-order valence-electron chi connectivity index (χ1n) is 6.74. The minimum absolute atomic E-state index is 0.562. The first kappa shape index (κ1) is 12.2. The summed E-state index contributed by atoms with van der Waals surface area (Å²) in [5, 5.41) is 3.54. The molecule has 0 aromatic carbocycles. The van der Waals surface area contributed by atoms with Gasteiger partial charge in [-0.25, -0.2) is 4.98 Å². The predicted octanol–water partition coefficient (Wildman–Crippen LogP) is 3.62. The van der Waals surface area contributed by atoms with E-state index in [1.165, 1.54) is 38.5 Å². The first-order chi connectivity index (χ1) is 8.40. The van der Waals surface area contributed by atoms with Crippen LogP contribution in [-0.4, -0.2) is 17.6 Å². The summed E-state index contributed by atoms with van der Waals surface area (Å²) >= 11 is 0. The molecular weight excluding hydrogens is 212 g/mol. The van der Waals surface area contributed by atoms with Crippen molar-refractivity contribution in [3.05, 3.63) is 18.3 Å². The molecule has 1 aliphatic rings. The Morgan fingerprint density at radius 3 is 2.76 bits per heavy atom. The molecule has 17 heavy (non-hydrogen) atoms. The molecule has 0 saturated heterocycles. The lowest BCUT2D eigenvalue weighted by atomic mass is 10.1. The third kappa shape index (κ3) is 3.62. The standard InChI is InChI=1S/C14H22N2O/c1-2-17-13-10-7-11-15-14(13)16-12-8-5-3-4-6-9-12/h7,10-12H,2-6,8-9H2,1H3,(H,15,16). The highest BCUT2D eigenvalue weighted by molar-refractivity contribution is 5.50. The zero-order valence-corrected chi connectivity index (χ0v) is 10.6. The van der Waals surface area contributed by atoms with Gasteiger partial charge in [0.25, 0.3) is 0 Å². The first-order valence-corrected chi connectivity index (χ1v) is 6.74. The molecule has 2 rings (SSSR count). The van der Waals surface area contributed by atoms with Gasteiger partial charge in [0, 0.05) is 12.2 Å². The lowest BCUT2D eigenvalue weighted by Crippen LogP contribution is -2.19. The van der Waals surface area contributed by atoms with Crippen molar-refractivity contribution in [2.75, 3.05) is 11.9 Å². The van der Waals surface area contributed by atoms with Gasteiger partial charge in [-0.3, -0.25) is 0 Å². The Bertz CT molecular complexity index is 333. The van der Waals surface area contributed by atoms with E-state index in [-0.39, 0.29) is 0 Å². The second kappa shape index (κ2) is 6.48. The number of anilines is 1. The summed E-state index contributed by atoms with van der Waals surface area (Å²) in [4.78, 5) is 4.39. The third-order valence-corrected chi connectivity index (χ3v) is 3.27. The SMILES string of the molecule is CCOc1cccnc1NC1CCCCCC1. The lowest BCUT2D eigenvalue weighted by molar-refractivity contribution is 0.340. The molecule has 0 unspecified atom stereocenters. The fraction of sp³-hybridized carbons (Fsp3) is 0.643. The maximum Gasteiger partial charge on any atom is 0.168 e. The van der Waals surface area contributed by atoms with Crippen LogP contribution in [0.1, 0.15) is 45.4 Å². The summed E-state index contributed by atoms with van der Waals surface area (Å²) in [6.07, 6.45) is 9.73. The quantitative estimate of drug-likeness (QED) is 0.808. The maximum absolute atomic E-state index is 5.58. The van der Waals surface area contributed by atoms with Gasteiger partial charge >= 0.3 is 0 Å². The van der Waals surface area contributed by atoms with Crippen molar-refractivity contribution in [1.29, 1.82) is 0 Å². The number of nitrogens with one attached hydrogen (secondary N) is 1. The molecule has 1 aromatic rings. The number of rotatable bonds is 4. The van der Waals surface area contributed by atoms with E-state index in [9.17, 15) is 0 Å². The van der Waals surface area contributed by atoms with E-state index in [2.05, 4.69) is 10.3 Å². The van der Waals surface area contributed by atoms with Gasteiger partial charge in [0.2, 0.25) is 0 Å². The Hall–Kier alpha value is -1.25. The number of hydrogen-bond donors (Lipinski definition) is 1. The molecule has 0 atom stereocenters. The molecule has 0 spiro atoms. The summed E-state index contributed by atoms with van der Waals surface area (Å²) in [5.74, 6) is 1.78. The predicted molar refractivity (Wildman–Crippen MR) is 70.5 cm³/mol. The van der Waals surface area contributed by atoms with Gasteiger partial charge in [-0.2, -0.15) is 0 Å². The molecule has 0 radical (unpaired) electrons. The molecule has 1 N–H and O–H groups in total. The number of pyridine rings is 1. The lowest BCUT2D eigenvalue weighted by Gasteiger charge is -2.18. The van der Waals surface area contributed by atoms with Crippen molar-refractivity contribution < 1.29 is 4.74 Å². The largest absolute Gasteiger partial charge is 0.490 e. The molecule has 1 saturated carbocycles. The van der Waals surface area contributed by atoms with E-state index in [0.717, 1.165) is 11.6 Å². The molecule has 1 aliphatic carbocycles. The molecule has 1 heterocycles. The van der Waals surface area contributed by atoms with Crippen LogP contribution < -0.4 is 10.1 Å². The number of hydrogen-bond acceptors (Lipinski definition) is 3. The maximum atomic E-state index is 5.58. The van der Waals surface area contributed by atoms with Crippen LogP contribution in [0.3, 0.4) is 0 Å². The molecule has 1 aromatic heterocycles. The summed E-state index contributed by atoms with van der Waals surface area (Å²) < 4.78 is 5.58. The van der Waals surface area contributed by atoms with Crippen LogP contribution >= 0.6 is 0 Å². The highest BCUT2D eigenvalue weighted by Gasteiger charge is 2.14. The van der Waals surface area contributed by atoms with E-state index >= 15 is 0 Å². The van der Waals surface area contributed by atoms with Crippen molar-refractivity contribution in [2.45, 2.75) is 51.5 Å². The molecular formula is C14H22N2O. The van der Waals surface area contributed by atoms with Gasteiger partial charge < -0.3 is 10.1 Å². The Morgan fingerprint density at radius 2 is 2.06 bits per heavy atom. The zero-order valence-electron chi connectivity index (χ0n) is 10.6. The normalized spacial score (nSPS) is 17.5. The van der Waals surface area contributed by atoms with Crippen LogP contribution in [0.5, 0.6) is 5.75 Å². The van der Waals surface area contributed by atoms with Gasteiger partial charge in [-0.15, -0.1) is 0 Å². The Labute approximate surface area is 104 Å². The van der Waals surface area contributed by atoms with E-state index in [0.29, 0.717) is 12.6 Å². The molecule has 1 fully saturated rings. The van der Waals surface area contributed by atoms with Crippen LogP contribution in [0, 0.1) is 0 Å². The van der Waals surface area contributed by atoms with Crippen molar-refractivity contribution in [3.8, 4) is 5.75 Å². The van der Waals surface area contributed by atoms with Crippen LogP contribution in [0.4, 0.5) is 5.82 Å². The van der Waals surface area contributed by atoms with E-state index < -0.39 is 0 Å². The second-order valence-electron chi connectivity index (χ2n) is 4.62. The van der Waals surface area contributed by atoms with Crippen LogP contribution in [-0.2, 0) is 0 Å². The fourth-order valence-electron chi connectivity index (χ4n) is 2.39. The summed E-state index contributed by atoms with van der Waals surface area (Å²) in [7, 11) is 0. The molecule has 3 heteroatoms. The topological polar surface area (TPSA) is 34.1 Å². The summed E-state index contributed by atoms with van der Waals surface area (Å²) in [6, 6.07) is 4.46. The highest BCUT2D eigenvalue weighted by atomic mass is 16.5. The number of aromatic nitrogens is 1. The fourth-order valence-corrected chi connectivity index (χ4v) is 2.39. The number of ether oxygens (including phenoxy) is 1. The van der Waals surface area contributed by atoms with Crippen molar-refractivity contribution in [3.63, 3.8) is 0 Å². The van der Waals surface area contributed by atoms with Crippen molar-refractivity contribution in [2.24, 2.45) is 0 Å². The van der Waals surface area contributed by atoms with Crippen molar-refractivity contribution in [1.82, 2.24) is 4.98 Å². The van der Waals surface area contributed by atoms with Gasteiger partial charge in [0.15, 0.2) is 11.6 Å². The van der Waals surface area contributed by atoms with Gasteiger partial charge in [0.1, 0.15) is 0 Å². The minimum Gasteiger partial charge on any atom is -0.490 e. The molecule has 0 bridgehead atoms. The Kier molecular flexibility index (Phi) is 4.65. The average molecular weight is 234 g/mol. The van der Waals surface area contributed by atoms with E-state index in [1.54, 1.807) is 0 Å². The smallest absolute Gasteiger partial charge is 0.168 e. The van der Waals surface area contributed by atoms with Crippen LogP contribution in [0.25, 0.3) is 0 Å². The summed E-state index contributed by atoms with van der Waals surface area (Å²) in [5.41, 5.74) is 0. The summed E-state index contributed by atoms with van der Waals surface area (Å²) in [6.45, 7) is 2.69. The molecule has 0 amide bonds. The van der Waals surface area contributed by atoms with Crippen LogP contribution in [0.15, 0.2) is 18.3 Å². The Morgan fingerprint density at radius 1 is 1.29 bits per heavy atom.